The van der Waals surface area contributed by atoms with Crippen LogP contribution in [0.15, 0.2) is 304 Å². The molecule has 22 nitrogen and oxygen atoms in total. The fourth-order valence-electron chi connectivity index (χ4n) is 7.32. The average Bonchev–Trinajstić information content (AvgIpc) is 0.886. The van der Waals surface area contributed by atoms with Gasteiger partial charge in [0, 0.05) is 83.0 Å². The number of halogens is 2. The topological polar surface area (TPSA) is 402 Å². The van der Waals surface area contributed by atoms with Gasteiger partial charge in [-0.3, -0.25) is 49.5 Å². The maximum absolute atomic E-state index is 12.1. The molecule has 2 radical (unpaired) electrons. The first-order valence-corrected chi connectivity index (χ1v) is 29.1. The second-order valence-corrected chi connectivity index (χ2v) is 19.0. The van der Waals surface area contributed by atoms with Crippen molar-refractivity contribution in [3.8, 4) is 45.6 Å². The Balaban J connectivity index is 0.000000286. The van der Waals surface area contributed by atoms with Gasteiger partial charge >= 0.3 is 34.1 Å². The number of carbonyl (C=O) groups excluding carboxylic acids is 4. The summed E-state index contributed by atoms with van der Waals surface area (Å²) in [6, 6.07) is 75.6. The van der Waals surface area contributed by atoms with Crippen LogP contribution in [-0.2, 0) is 34.1 Å². The molecule has 0 atom stereocenters. The van der Waals surface area contributed by atoms with Crippen LogP contribution in [0.4, 0.5) is 0 Å². The van der Waals surface area contributed by atoms with E-state index in [0.29, 0.717) is 11.1 Å². The van der Waals surface area contributed by atoms with Gasteiger partial charge in [0.1, 0.15) is 0 Å². The third-order valence-electron chi connectivity index (χ3n) is 11.2. The number of carboxylic acid groups (broad SMARTS) is 2. The van der Waals surface area contributed by atoms with E-state index >= 15 is 0 Å². The van der Waals surface area contributed by atoms with E-state index in [1.54, 1.807) is 135 Å². The molecule has 0 spiro atoms. The zero-order valence-corrected chi connectivity index (χ0v) is 52.5. The molecule has 12 aromatic rings. The van der Waals surface area contributed by atoms with Crippen molar-refractivity contribution in [3.05, 3.63) is 338 Å². The van der Waals surface area contributed by atoms with Crippen LogP contribution in [0.2, 0.25) is 0 Å². The predicted molar refractivity (Wildman–Crippen MR) is 311 cm³/mol. The van der Waals surface area contributed by atoms with Gasteiger partial charge in [-0.25, -0.2) is 37.3 Å². The van der Waals surface area contributed by atoms with Gasteiger partial charge in [0.2, 0.25) is 0 Å². The zero-order valence-electron chi connectivity index (χ0n) is 48.7. The molecule has 0 N–H and O–H groups in total. The number of carboxylic acids is 2. The van der Waals surface area contributed by atoms with Crippen LogP contribution in [0, 0.1) is 20.5 Å². The Morgan fingerprint density at radius 2 is 0.372 bits per heavy atom. The standard InChI is InChI=1S/2C14H10O3.4C10H8N2.2ClHO4.2Mn/c2*15-13(10-6-2-1-3-7-10)11-8-4-5-9-12(11)14(16)17;4*1-3-7-11-9(5-1)10-6-2-4-8-12-10;2*2-1(3,4)5;;/h2*1-9H,(H,16,17);4*1-8H;2*(H,2,3,4,5);;/q;;;;;;;;2*+2/p-4. The van der Waals surface area contributed by atoms with Gasteiger partial charge in [-0.05, 0) is 97.1 Å². The number of ketones is 2. The van der Waals surface area contributed by atoms with Crippen LogP contribution < -0.4 is 47.5 Å². The Bertz CT molecular complexity index is 3490. The first-order valence-electron chi connectivity index (χ1n) is 26.6. The van der Waals surface area contributed by atoms with Crippen LogP contribution in [0.5, 0.6) is 0 Å². The Morgan fingerprint density at radius 3 is 0.521 bits per heavy atom. The molecule has 12 rings (SSSR count). The number of aromatic carboxylic acids is 2. The summed E-state index contributed by atoms with van der Waals surface area (Å²) in [5, 5.41) is 21.8. The minimum Gasteiger partial charge on any atom is -0.545 e. The second kappa shape index (κ2) is 42.7. The van der Waals surface area contributed by atoms with Crippen molar-refractivity contribution in [3.63, 3.8) is 0 Å². The first-order chi connectivity index (χ1) is 44.3. The summed E-state index contributed by atoms with van der Waals surface area (Å²) in [4.78, 5) is 79.4. The fraction of sp³-hybridized carbons (Fsp3) is 0. The molecular weight excluding hydrogens is 1330 g/mol. The van der Waals surface area contributed by atoms with E-state index in [0.717, 1.165) is 45.6 Å². The number of hydrogen-bond donors (Lipinski definition) is 0. The minimum absolute atomic E-state index is 0. The molecule has 8 heterocycles. The van der Waals surface area contributed by atoms with Crippen LogP contribution in [0.3, 0.4) is 0 Å². The molecule has 0 aliphatic rings. The molecule has 0 saturated carbocycles. The quantitative estimate of drug-likeness (QED) is 0.139. The molecule has 474 valence electrons. The molecular formula is C68H50Cl2Mn2N8O14. The molecule has 0 saturated heterocycles. The second-order valence-electron chi connectivity index (χ2n) is 17.5. The van der Waals surface area contributed by atoms with E-state index in [1.807, 2.05) is 146 Å². The third-order valence-corrected chi connectivity index (χ3v) is 11.2. The number of rotatable bonds is 10. The van der Waals surface area contributed by atoms with Gasteiger partial charge < -0.3 is 19.8 Å². The van der Waals surface area contributed by atoms with Crippen molar-refractivity contribution in [2.45, 2.75) is 0 Å². The zero-order chi connectivity index (χ0) is 66.4. The maximum atomic E-state index is 12.1. The van der Waals surface area contributed by atoms with Gasteiger partial charge in [0.15, 0.2) is 11.6 Å². The molecule has 4 aromatic carbocycles. The number of nitrogens with zero attached hydrogens (tertiary/aromatic N) is 8. The minimum atomic E-state index is -4.94. The van der Waals surface area contributed by atoms with Crippen LogP contribution in [0.25, 0.3) is 45.6 Å². The summed E-state index contributed by atoms with van der Waals surface area (Å²) in [6.45, 7) is 0. The number of hydrogen-bond acceptors (Lipinski definition) is 22. The molecule has 0 fully saturated rings. The van der Waals surface area contributed by atoms with E-state index in [-0.39, 0.29) is 68.0 Å². The van der Waals surface area contributed by atoms with Gasteiger partial charge in [-0.1, -0.05) is 158 Å². The van der Waals surface area contributed by atoms with Crippen molar-refractivity contribution in [2.24, 2.45) is 0 Å². The smallest absolute Gasteiger partial charge is 0.545 e. The van der Waals surface area contributed by atoms with Crippen LogP contribution in [-0.4, -0.2) is 63.4 Å². The van der Waals surface area contributed by atoms with Gasteiger partial charge in [-0.2, -0.15) is 0 Å². The Kier molecular flexibility index (Phi) is 35.4. The number of carbonyl (C=O) groups is 4. The monoisotopic (exact) mass is 1380 g/mol. The summed E-state index contributed by atoms with van der Waals surface area (Å²) in [5.74, 6) is -3.31. The third kappa shape index (κ3) is 30.6. The average molecular weight is 1380 g/mol. The predicted octanol–water partition coefficient (Wildman–Crippen LogP) is 1.62. The maximum Gasteiger partial charge on any atom is 2.00 e. The first kappa shape index (κ1) is 77.9. The Labute approximate surface area is 564 Å². The normalized spacial score (nSPS) is 9.79. The SMILES string of the molecule is O=C([O-])c1ccccc1C(=O)c1ccccc1.O=C([O-])c1ccccc1C(=O)c1ccccc1.[Mn+2].[Mn+2].[O-][Cl+3]([O-])([O-])[O-].[O-][Cl+3]([O-])([O-])[O-].c1ccc(-c2ccccn2)nc1.c1ccc(-c2ccccn2)nc1.c1ccc(-c2ccccn2)nc1.c1ccc(-c2ccccn2)nc1. The van der Waals surface area contributed by atoms with Crippen molar-refractivity contribution in [1.29, 1.82) is 0 Å². The van der Waals surface area contributed by atoms with Crippen molar-refractivity contribution in [1.82, 2.24) is 39.9 Å². The summed E-state index contributed by atoms with van der Waals surface area (Å²) in [5.41, 5.74) is 8.38. The van der Waals surface area contributed by atoms with E-state index < -0.39 is 32.4 Å². The number of aromatic nitrogens is 8. The van der Waals surface area contributed by atoms with Gasteiger partial charge in [0.05, 0.1) is 57.5 Å². The van der Waals surface area contributed by atoms with Crippen molar-refractivity contribution >= 4 is 23.5 Å². The van der Waals surface area contributed by atoms with Crippen LogP contribution in [0.1, 0.15) is 52.6 Å². The van der Waals surface area contributed by atoms with Crippen LogP contribution >= 0.6 is 0 Å². The summed E-state index contributed by atoms with van der Waals surface area (Å²) in [6.07, 6.45) is 14.1. The molecule has 26 heteroatoms. The molecule has 0 amide bonds. The van der Waals surface area contributed by atoms with Gasteiger partial charge in [-0.15, -0.1) is 20.5 Å². The van der Waals surface area contributed by atoms with E-state index in [2.05, 4.69) is 39.9 Å². The van der Waals surface area contributed by atoms with E-state index in [4.69, 9.17) is 37.3 Å². The molecule has 0 aliphatic heterocycles. The molecule has 94 heavy (non-hydrogen) atoms. The van der Waals surface area contributed by atoms with E-state index in [9.17, 15) is 29.4 Å². The van der Waals surface area contributed by atoms with Crippen molar-refractivity contribution < 1.29 is 121 Å². The fourth-order valence-corrected chi connectivity index (χ4v) is 7.32. The molecule has 8 aromatic heterocycles. The number of benzene rings is 4. The van der Waals surface area contributed by atoms with E-state index in [1.165, 1.54) is 24.3 Å². The van der Waals surface area contributed by atoms with Crippen molar-refractivity contribution in [2.75, 3.05) is 0 Å². The Morgan fingerprint density at radius 1 is 0.223 bits per heavy atom. The summed E-state index contributed by atoms with van der Waals surface area (Å²) in [7, 11) is -9.89. The summed E-state index contributed by atoms with van der Waals surface area (Å²) < 4.78 is 67.9. The molecule has 0 unspecified atom stereocenters. The largest absolute Gasteiger partial charge is 2.00 e. The Hall–Kier alpha value is -10.3. The van der Waals surface area contributed by atoms with Gasteiger partial charge in [0.25, 0.3) is 0 Å². The number of pyridine rings is 8. The molecule has 0 aliphatic carbocycles. The summed E-state index contributed by atoms with van der Waals surface area (Å²) >= 11 is 0. The molecule has 0 bridgehead atoms.